The summed E-state index contributed by atoms with van der Waals surface area (Å²) in [6.07, 6.45) is 5.43. The molecule has 3 nitrogen and oxygen atoms in total. The molecule has 2 aromatic rings. The maximum atomic E-state index is 14.1. The lowest BCUT2D eigenvalue weighted by Crippen LogP contribution is -2.29. The smallest absolute Gasteiger partial charge is 0.251 e. The predicted molar refractivity (Wildman–Crippen MR) is 82.8 cm³/mol. The van der Waals surface area contributed by atoms with Crippen LogP contribution in [0, 0.1) is 11.7 Å². The van der Waals surface area contributed by atoms with Crippen molar-refractivity contribution in [2.75, 3.05) is 4.90 Å². The van der Waals surface area contributed by atoms with E-state index in [0.717, 1.165) is 18.4 Å². The first kappa shape index (κ1) is 14.6. The topological polar surface area (TPSA) is 33.5 Å². The molecule has 22 heavy (non-hydrogen) atoms. The molecule has 0 atom stereocenters. The van der Waals surface area contributed by atoms with Crippen LogP contribution in [0.15, 0.2) is 58.7 Å². The monoisotopic (exact) mass is 299 g/mol. The molecule has 0 spiro atoms. The second kappa shape index (κ2) is 6.18. The van der Waals surface area contributed by atoms with Crippen molar-refractivity contribution in [3.63, 3.8) is 0 Å². The van der Waals surface area contributed by atoms with Gasteiger partial charge in [0.25, 0.3) is 5.91 Å². The second-order valence-corrected chi connectivity index (χ2v) is 5.62. The van der Waals surface area contributed by atoms with Crippen molar-refractivity contribution in [3.05, 3.63) is 65.9 Å². The van der Waals surface area contributed by atoms with Gasteiger partial charge in [-0.15, -0.1) is 0 Å². The van der Waals surface area contributed by atoms with E-state index in [4.69, 9.17) is 4.42 Å². The zero-order valence-electron chi connectivity index (χ0n) is 12.5. The van der Waals surface area contributed by atoms with Crippen LogP contribution in [0.2, 0.25) is 0 Å². The van der Waals surface area contributed by atoms with E-state index in [9.17, 15) is 9.18 Å². The summed E-state index contributed by atoms with van der Waals surface area (Å²) in [6, 6.07) is 9.83. The molecule has 1 heterocycles. The number of para-hydroxylation sites is 1. The molecule has 0 bridgehead atoms. The summed E-state index contributed by atoms with van der Waals surface area (Å²) in [7, 11) is 0. The highest BCUT2D eigenvalue weighted by molar-refractivity contribution is 6.01. The van der Waals surface area contributed by atoms with Gasteiger partial charge in [0.1, 0.15) is 11.6 Å². The molecule has 0 N–H and O–H groups in total. The van der Waals surface area contributed by atoms with Crippen LogP contribution in [0.3, 0.4) is 0 Å². The molecular weight excluding hydrogens is 281 g/mol. The second-order valence-electron chi connectivity index (χ2n) is 5.62. The Kier molecular flexibility index (Phi) is 4.09. The highest BCUT2D eigenvalue weighted by Crippen LogP contribution is 2.36. The Bertz CT molecular complexity index is 687. The number of amides is 1. The molecule has 0 radical (unpaired) electrons. The first-order valence-corrected chi connectivity index (χ1v) is 7.42. The van der Waals surface area contributed by atoms with E-state index in [1.165, 1.54) is 11.0 Å². The standard InChI is InChI=1S/C18H18FNO2/c1-13(14-8-9-14)11-18(21)20(12-15-5-4-10-22-15)17-7-3-2-6-16(17)19/h2-7,10-11,14H,8-9,12H2,1H3/b13-11+. The Morgan fingerprint density at radius 1 is 1.32 bits per heavy atom. The Hall–Kier alpha value is -2.36. The van der Waals surface area contributed by atoms with E-state index in [-0.39, 0.29) is 18.1 Å². The molecule has 0 unspecified atom stereocenters. The molecule has 0 aliphatic heterocycles. The van der Waals surface area contributed by atoms with Gasteiger partial charge in [-0.1, -0.05) is 17.7 Å². The summed E-state index contributed by atoms with van der Waals surface area (Å²) in [6.45, 7) is 2.17. The van der Waals surface area contributed by atoms with Crippen LogP contribution in [-0.2, 0) is 11.3 Å². The van der Waals surface area contributed by atoms with E-state index in [2.05, 4.69) is 0 Å². The van der Waals surface area contributed by atoms with Crippen LogP contribution >= 0.6 is 0 Å². The average Bonchev–Trinajstić information content (AvgIpc) is 3.23. The zero-order valence-corrected chi connectivity index (χ0v) is 12.5. The lowest BCUT2D eigenvalue weighted by Gasteiger charge is -2.21. The van der Waals surface area contributed by atoms with Crippen molar-refractivity contribution >= 4 is 11.6 Å². The Morgan fingerprint density at radius 3 is 2.73 bits per heavy atom. The van der Waals surface area contributed by atoms with Gasteiger partial charge in [0.2, 0.25) is 0 Å². The van der Waals surface area contributed by atoms with Gasteiger partial charge in [-0.25, -0.2) is 4.39 Å². The fourth-order valence-corrected chi connectivity index (χ4v) is 2.44. The van der Waals surface area contributed by atoms with Gasteiger partial charge >= 0.3 is 0 Å². The number of carbonyl (C=O) groups is 1. The van der Waals surface area contributed by atoms with Crippen LogP contribution in [0.25, 0.3) is 0 Å². The minimum Gasteiger partial charge on any atom is -0.467 e. The molecule has 3 rings (SSSR count). The number of hydrogen-bond donors (Lipinski definition) is 0. The Morgan fingerprint density at radius 2 is 2.09 bits per heavy atom. The molecule has 1 amide bonds. The van der Waals surface area contributed by atoms with E-state index in [1.54, 1.807) is 42.7 Å². The number of halogens is 1. The molecule has 1 aromatic heterocycles. The molecule has 1 aromatic carbocycles. The number of anilines is 1. The SMILES string of the molecule is C/C(=C\C(=O)N(Cc1ccco1)c1ccccc1F)C1CC1. The normalized spacial score (nSPS) is 14.9. The van der Waals surface area contributed by atoms with Crippen LogP contribution < -0.4 is 4.90 Å². The van der Waals surface area contributed by atoms with Crippen LogP contribution in [-0.4, -0.2) is 5.91 Å². The third-order valence-electron chi connectivity index (χ3n) is 3.88. The Labute approximate surface area is 129 Å². The quantitative estimate of drug-likeness (QED) is 0.771. The number of carbonyl (C=O) groups excluding carboxylic acids is 1. The summed E-state index contributed by atoms with van der Waals surface area (Å²) in [5, 5.41) is 0. The third-order valence-corrected chi connectivity index (χ3v) is 3.88. The largest absolute Gasteiger partial charge is 0.467 e. The van der Waals surface area contributed by atoms with Gasteiger partial charge < -0.3 is 4.42 Å². The van der Waals surface area contributed by atoms with E-state index >= 15 is 0 Å². The zero-order chi connectivity index (χ0) is 15.5. The maximum Gasteiger partial charge on any atom is 0.251 e. The van der Waals surface area contributed by atoms with Crippen LogP contribution in [0.4, 0.5) is 10.1 Å². The van der Waals surface area contributed by atoms with Crippen LogP contribution in [0.5, 0.6) is 0 Å². The van der Waals surface area contributed by atoms with Crippen molar-refractivity contribution < 1.29 is 13.6 Å². The van der Waals surface area contributed by atoms with Gasteiger partial charge in [-0.2, -0.15) is 0 Å². The highest BCUT2D eigenvalue weighted by atomic mass is 19.1. The molecular formula is C18H18FNO2. The average molecular weight is 299 g/mol. The van der Waals surface area contributed by atoms with Crippen molar-refractivity contribution in [1.82, 2.24) is 0 Å². The molecule has 114 valence electrons. The highest BCUT2D eigenvalue weighted by Gasteiger charge is 2.25. The summed E-state index contributed by atoms with van der Waals surface area (Å²) in [5.41, 5.74) is 1.33. The fraction of sp³-hybridized carbons (Fsp3) is 0.278. The lowest BCUT2D eigenvalue weighted by molar-refractivity contribution is -0.114. The maximum absolute atomic E-state index is 14.1. The van der Waals surface area contributed by atoms with Gasteiger partial charge in [0.15, 0.2) is 0 Å². The number of hydrogen-bond acceptors (Lipinski definition) is 2. The summed E-state index contributed by atoms with van der Waals surface area (Å²) in [4.78, 5) is 14.0. The fourth-order valence-electron chi connectivity index (χ4n) is 2.44. The lowest BCUT2D eigenvalue weighted by atomic mass is 10.1. The van der Waals surface area contributed by atoms with E-state index in [0.29, 0.717) is 11.7 Å². The van der Waals surface area contributed by atoms with Crippen molar-refractivity contribution in [3.8, 4) is 0 Å². The summed E-state index contributed by atoms with van der Waals surface area (Å²) < 4.78 is 19.4. The van der Waals surface area contributed by atoms with Crippen LogP contribution in [0.1, 0.15) is 25.5 Å². The Balaban J connectivity index is 1.90. The number of benzene rings is 1. The molecule has 1 saturated carbocycles. The van der Waals surface area contributed by atoms with Gasteiger partial charge in [-0.05, 0) is 49.9 Å². The summed E-state index contributed by atoms with van der Waals surface area (Å²) >= 11 is 0. The predicted octanol–water partition coefficient (Wildman–Crippen LogP) is 4.31. The van der Waals surface area contributed by atoms with Gasteiger partial charge in [0.05, 0.1) is 18.5 Å². The van der Waals surface area contributed by atoms with Crippen molar-refractivity contribution in [2.24, 2.45) is 5.92 Å². The molecule has 1 fully saturated rings. The van der Waals surface area contributed by atoms with Gasteiger partial charge in [0, 0.05) is 6.08 Å². The number of rotatable bonds is 5. The van der Waals surface area contributed by atoms with Crippen molar-refractivity contribution in [2.45, 2.75) is 26.3 Å². The first-order valence-electron chi connectivity index (χ1n) is 7.42. The van der Waals surface area contributed by atoms with Crippen molar-refractivity contribution in [1.29, 1.82) is 0 Å². The van der Waals surface area contributed by atoms with E-state index in [1.807, 2.05) is 6.92 Å². The number of allylic oxidation sites excluding steroid dienone is 1. The molecule has 1 aliphatic carbocycles. The van der Waals surface area contributed by atoms with Gasteiger partial charge in [-0.3, -0.25) is 9.69 Å². The minimum absolute atomic E-state index is 0.210. The first-order chi connectivity index (χ1) is 10.6. The minimum atomic E-state index is -0.417. The molecule has 1 aliphatic rings. The number of nitrogens with zero attached hydrogens (tertiary/aromatic N) is 1. The van der Waals surface area contributed by atoms with E-state index < -0.39 is 5.82 Å². The molecule has 0 saturated heterocycles. The number of furan rings is 1. The third kappa shape index (κ3) is 3.27. The summed E-state index contributed by atoms with van der Waals surface area (Å²) in [5.74, 6) is 0.495. The molecule has 4 heteroatoms.